The lowest BCUT2D eigenvalue weighted by Gasteiger charge is -2.09. The number of phenols is 1. The topological polar surface area (TPSA) is 49.3 Å². The van der Waals surface area contributed by atoms with Crippen molar-refractivity contribution in [2.24, 2.45) is 0 Å². The number of anilines is 1. The molecule has 0 aliphatic heterocycles. The summed E-state index contributed by atoms with van der Waals surface area (Å²) in [6.45, 7) is 3.99. The summed E-state index contributed by atoms with van der Waals surface area (Å²) >= 11 is 1.49. The van der Waals surface area contributed by atoms with Gasteiger partial charge in [0.15, 0.2) is 0 Å². The first kappa shape index (κ1) is 18.3. The minimum absolute atomic E-state index is 0.0696. The molecular weight excluding hydrogens is 366 g/mol. The molecule has 1 heterocycles. The van der Waals surface area contributed by atoms with Gasteiger partial charge in [0.25, 0.3) is 5.91 Å². The number of fused-ring (bicyclic) bond motifs is 1. The molecule has 2 N–H and O–H groups in total. The number of benzene rings is 3. The minimum atomic E-state index is -0.191. The third-order valence-corrected chi connectivity index (χ3v) is 6.02. The number of hydrogen-bond acceptors (Lipinski definition) is 3. The Bertz CT molecular complexity index is 1160. The fourth-order valence-electron chi connectivity index (χ4n) is 3.30. The van der Waals surface area contributed by atoms with Crippen LogP contribution in [0.25, 0.3) is 10.1 Å². The van der Waals surface area contributed by atoms with Gasteiger partial charge in [-0.3, -0.25) is 4.79 Å². The molecule has 3 aromatic carbocycles. The largest absolute Gasteiger partial charge is 0.506 e. The maximum Gasteiger partial charge on any atom is 0.266 e. The highest BCUT2D eigenvalue weighted by atomic mass is 32.1. The van der Waals surface area contributed by atoms with Crippen molar-refractivity contribution < 1.29 is 9.90 Å². The smallest absolute Gasteiger partial charge is 0.266 e. The molecule has 28 heavy (non-hydrogen) atoms. The van der Waals surface area contributed by atoms with Crippen molar-refractivity contribution in [2.45, 2.75) is 20.3 Å². The van der Waals surface area contributed by atoms with E-state index in [0.29, 0.717) is 17.0 Å². The standard InChI is InChI=1S/C24H21NO2S/c1-15-7-10-17(11-8-15)14-19-18-5-3-4-6-22(18)28-23(19)24(27)25-20-13-16(2)9-12-21(20)26/h3-13,26H,14H2,1-2H3,(H,25,27). The molecule has 0 saturated carbocycles. The van der Waals surface area contributed by atoms with Gasteiger partial charge in [0.1, 0.15) is 5.75 Å². The molecule has 4 aromatic rings. The molecule has 1 amide bonds. The van der Waals surface area contributed by atoms with Gasteiger partial charge in [-0.25, -0.2) is 0 Å². The number of thiophene rings is 1. The highest BCUT2D eigenvalue weighted by molar-refractivity contribution is 7.21. The maximum absolute atomic E-state index is 13.1. The summed E-state index contributed by atoms with van der Waals surface area (Å²) in [5.74, 6) is -0.121. The number of rotatable bonds is 4. The lowest BCUT2D eigenvalue weighted by atomic mass is 10.0. The number of carbonyl (C=O) groups excluding carboxylic acids is 1. The Morgan fingerprint density at radius 3 is 2.46 bits per heavy atom. The lowest BCUT2D eigenvalue weighted by molar-refractivity contribution is 0.102. The Kier molecular flexibility index (Phi) is 4.88. The molecule has 0 aliphatic rings. The maximum atomic E-state index is 13.1. The zero-order chi connectivity index (χ0) is 19.7. The monoisotopic (exact) mass is 387 g/mol. The fourth-order valence-corrected chi connectivity index (χ4v) is 4.41. The van der Waals surface area contributed by atoms with Crippen molar-refractivity contribution in [3.63, 3.8) is 0 Å². The zero-order valence-electron chi connectivity index (χ0n) is 15.8. The Labute approximate surface area is 168 Å². The van der Waals surface area contributed by atoms with E-state index in [1.54, 1.807) is 12.1 Å². The number of amides is 1. The van der Waals surface area contributed by atoms with Crippen LogP contribution >= 0.6 is 11.3 Å². The van der Waals surface area contributed by atoms with Gasteiger partial charge in [-0.1, -0.05) is 54.1 Å². The summed E-state index contributed by atoms with van der Waals surface area (Å²) in [6, 6.07) is 21.7. The van der Waals surface area contributed by atoms with Gasteiger partial charge < -0.3 is 10.4 Å². The van der Waals surface area contributed by atoms with Crippen molar-refractivity contribution in [2.75, 3.05) is 5.32 Å². The molecule has 1 aromatic heterocycles. The first-order valence-electron chi connectivity index (χ1n) is 9.18. The number of aryl methyl sites for hydroxylation is 2. The summed E-state index contributed by atoms with van der Waals surface area (Å²) in [7, 11) is 0. The van der Waals surface area contributed by atoms with Gasteiger partial charge in [0.05, 0.1) is 10.6 Å². The number of phenolic OH excluding ortho intramolecular Hbond substituents is 1. The molecular formula is C24H21NO2S. The van der Waals surface area contributed by atoms with E-state index in [0.717, 1.165) is 21.2 Å². The van der Waals surface area contributed by atoms with E-state index < -0.39 is 0 Å². The second-order valence-electron chi connectivity index (χ2n) is 7.04. The fraction of sp³-hybridized carbons (Fsp3) is 0.125. The van der Waals surface area contributed by atoms with Crippen molar-refractivity contribution in [3.8, 4) is 5.75 Å². The SMILES string of the molecule is Cc1ccc(Cc2c(C(=O)Nc3cc(C)ccc3O)sc3ccccc23)cc1. The van der Waals surface area contributed by atoms with Crippen molar-refractivity contribution >= 4 is 33.0 Å². The predicted molar refractivity (Wildman–Crippen MR) is 117 cm³/mol. The van der Waals surface area contributed by atoms with Crippen LogP contribution in [0.5, 0.6) is 5.75 Å². The molecule has 4 rings (SSSR count). The Hall–Kier alpha value is -3.11. The van der Waals surface area contributed by atoms with Gasteiger partial charge in [-0.05, 0) is 60.5 Å². The first-order valence-corrected chi connectivity index (χ1v) is 10.00. The van der Waals surface area contributed by atoms with Crippen LogP contribution < -0.4 is 5.32 Å². The summed E-state index contributed by atoms with van der Waals surface area (Å²) in [4.78, 5) is 13.8. The van der Waals surface area contributed by atoms with E-state index in [9.17, 15) is 9.90 Å². The second-order valence-corrected chi connectivity index (χ2v) is 8.10. The predicted octanol–water partition coefficient (Wildman–Crippen LogP) is 6.07. The average Bonchev–Trinajstić information content (AvgIpc) is 3.05. The van der Waals surface area contributed by atoms with Crippen LogP contribution in [0.1, 0.15) is 31.9 Å². The molecule has 0 spiro atoms. The molecule has 0 unspecified atom stereocenters. The third kappa shape index (κ3) is 3.64. The molecule has 0 bridgehead atoms. The molecule has 0 radical (unpaired) electrons. The molecule has 0 atom stereocenters. The van der Waals surface area contributed by atoms with Crippen LogP contribution in [0.4, 0.5) is 5.69 Å². The number of carbonyl (C=O) groups is 1. The molecule has 0 saturated heterocycles. The molecule has 140 valence electrons. The van der Waals surface area contributed by atoms with Crippen LogP contribution in [0, 0.1) is 13.8 Å². The van der Waals surface area contributed by atoms with Crippen LogP contribution in [-0.4, -0.2) is 11.0 Å². The summed E-state index contributed by atoms with van der Waals surface area (Å²) < 4.78 is 1.09. The van der Waals surface area contributed by atoms with E-state index in [4.69, 9.17) is 0 Å². The van der Waals surface area contributed by atoms with E-state index in [1.807, 2.05) is 31.2 Å². The zero-order valence-corrected chi connectivity index (χ0v) is 16.6. The van der Waals surface area contributed by atoms with E-state index in [-0.39, 0.29) is 11.7 Å². The summed E-state index contributed by atoms with van der Waals surface area (Å²) in [5, 5.41) is 14.1. The Balaban J connectivity index is 1.74. The van der Waals surface area contributed by atoms with Gasteiger partial charge in [-0.15, -0.1) is 11.3 Å². The Morgan fingerprint density at radius 2 is 1.68 bits per heavy atom. The quantitative estimate of drug-likeness (QED) is 0.418. The molecule has 3 nitrogen and oxygen atoms in total. The van der Waals surface area contributed by atoms with Crippen molar-refractivity contribution in [1.82, 2.24) is 0 Å². The number of nitrogens with one attached hydrogen (secondary N) is 1. The van der Waals surface area contributed by atoms with Gasteiger partial charge in [0, 0.05) is 4.70 Å². The van der Waals surface area contributed by atoms with E-state index in [1.165, 1.54) is 22.5 Å². The second kappa shape index (κ2) is 7.49. The van der Waals surface area contributed by atoms with Gasteiger partial charge in [0.2, 0.25) is 0 Å². The number of hydrogen-bond donors (Lipinski definition) is 2. The van der Waals surface area contributed by atoms with E-state index in [2.05, 4.69) is 42.6 Å². The third-order valence-electron chi connectivity index (χ3n) is 4.81. The number of aromatic hydroxyl groups is 1. The molecule has 4 heteroatoms. The van der Waals surface area contributed by atoms with Gasteiger partial charge in [-0.2, -0.15) is 0 Å². The Morgan fingerprint density at radius 1 is 0.964 bits per heavy atom. The first-order chi connectivity index (χ1) is 13.5. The van der Waals surface area contributed by atoms with Crippen LogP contribution in [0.3, 0.4) is 0 Å². The van der Waals surface area contributed by atoms with Gasteiger partial charge >= 0.3 is 0 Å². The van der Waals surface area contributed by atoms with Crippen molar-refractivity contribution in [3.05, 3.63) is 93.9 Å². The summed E-state index contributed by atoms with van der Waals surface area (Å²) in [6.07, 6.45) is 0.687. The highest BCUT2D eigenvalue weighted by Crippen LogP contribution is 2.34. The molecule has 0 fully saturated rings. The molecule has 0 aliphatic carbocycles. The van der Waals surface area contributed by atoms with Crippen molar-refractivity contribution in [1.29, 1.82) is 0 Å². The van der Waals surface area contributed by atoms with Crippen LogP contribution in [-0.2, 0) is 6.42 Å². The van der Waals surface area contributed by atoms with Crippen LogP contribution in [0.15, 0.2) is 66.7 Å². The van der Waals surface area contributed by atoms with E-state index >= 15 is 0 Å². The average molecular weight is 388 g/mol. The highest BCUT2D eigenvalue weighted by Gasteiger charge is 2.19. The minimum Gasteiger partial charge on any atom is -0.506 e. The van der Waals surface area contributed by atoms with Crippen LogP contribution in [0.2, 0.25) is 0 Å². The lowest BCUT2D eigenvalue weighted by Crippen LogP contribution is -2.12. The summed E-state index contributed by atoms with van der Waals surface area (Å²) in [5.41, 5.74) is 4.82. The normalized spacial score (nSPS) is 10.9.